The highest BCUT2D eigenvalue weighted by atomic mass is 16.5. The molecule has 0 saturated heterocycles. The summed E-state index contributed by atoms with van der Waals surface area (Å²) >= 11 is 0. The van der Waals surface area contributed by atoms with Crippen LogP contribution in [0.25, 0.3) is 0 Å². The fraction of sp³-hybridized carbons (Fsp3) is 0.300. The lowest BCUT2D eigenvalue weighted by Crippen LogP contribution is -2.08. The van der Waals surface area contributed by atoms with Crippen LogP contribution in [0.4, 0.5) is 11.4 Å². The molecule has 0 heterocycles. The fourth-order valence-corrected chi connectivity index (χ4v) is 1.27. The van der Waals surface area contributed by atoms with Gasteiger partial charge in [0.2, 0.25) is 0 Å². The van der Waals surface area contributed by atoms with Gasteiger partial charge in [0.15, 0.2) is 0 Å². The smallest absolute Gasteiger partial charge is 0.338 e. The van der Waals surface area contributed by atoms with Gasteiger partial charge in [0, 0.05) is 0 Å². The Morgan fingerprint density at radius 3 is 2.43 bits per heavy atom. The summed E-state index contributed by atoms with van der Waals surface area (Å²) in [6.45, 7) is 1.94. The molecule has 0 aliphatic rings. The number of hydrogen-bond donors (Lipinski definition) is 2. The predicted octanol–water partition coefficient (Wildman–Crippen LogP) is 1.20. The first kappa shape index (κ1) is 10.4. The Morgan fingerprint density at radius 1 is 1.36 bits per heavy atom. The van der Waals surface area contributed by atoms with Crippen molar-refractivity contribution < 1.29 is 9.53 Å². The van der Waals surface area contributed by atoms with Gasteiger partial charge in [-0.3, -0.25) is 0 Å². The van der Waals surface area contributed by atoms with Crippen molar-refractivity contribution in [3.63, 3.8) is 0 Å². The number of rotatable bonds is 2. The number of carbonyl (C=O) groups excluding carboxylic acids is 1. The van der Waals surface area contributed by atoms with E-state index >= 15 is 0 Å². The molecule has 1 rings (SSSR count). The second kappa shape index (κ2) is 4.00. The third-order valence-electron chi connectivity index (χ3n) is 2.10. The largest absolute Gasteiger partial charge is 0.465 e. The Kier molecular flexibility index (Phi) is 2.96. The first-order valence-corrected chi connectivity index (χ1v) is 4.36. The van der Waals surface area contributed by atoms with Crippen LogP contribution in [0.15, 0.2) is 12.1 Å². The summed E-state index contributed by atoms with van der Waals surface area (Å²) in [6, 6.07) is 3.27. The van der Waals surface area contributed by atoms with Gasteiger partial charge in [0.05, 0.1) is 24.0 Å². The number of hydrogen-bond acceptors (Lipinski definition) is 4. The van der Waals surface area contributed by atoms with Crippen molar-refractivity contribution in [1.82, 2.24) is 0 Å². The molecule has 1 aromatic carbocycles. The van der Waals surface area contributed by atoms with Gasteiger partial charge in [-0.25, -0.2) is 4.79 Å². The van der Waals surface area contributed by atoms with Crippen molar-refractivity contribution in [1.29, 1.82) is 0 Å². The Bertz CT molecular complexity index is 361. The summed E-state index contributed by atoms with van der Waals surface area (Å²) in [7, 11) is 1.34. The average molecular weight is 194 g/mol. The standard InChI is InChI=1S/C10H14N2O2/c1-3-6-4-8(11)9(12)5-7(6)10(13)14-2/h4-5H,3,11-12H2,1-2H3. The molecule has 1 aromatic rings. The molecule has 0 aliphatic carbocycles. The van der Waals surface area contributed by atoms with Gasteiger partial charge >= 0.3 is 5.97 Å². The number of benzene rings is 1. The number of methoxy groups -OCH3 is 1. The molecule has 14 heavy (non-hydrogen) atoms. The second-order valence-corrected chi connectivity index (χ2v) is 2.98. The Balaban J connectivity index is 3.27. The number of esters is 1. The Morgan fingerprint density at radius 2 is 1.93 bits per heavy atom. The fourth-order valence-electron chi connectivity index (χ4n) is 1.27. The number of anilines is 2. The molecular weight excluding hydrogens is 180 g/mol. The van der Waals surface area contributed by atoms with Crippen LogP contribution in [0.2, 0.25) is 0 Å². The van der Waals surface area contributed by atoms with E-state index in [9.17, 15) is 4.79 Å². The maximum Gasteiger partial charge on any atom is 0.338 e. The average Bonchev–Trinajstić information content (AvgIpc) is 2.20. The molecule has 0 saturated carbocycles. The molecule has 0 bridgehead atoms. The molecule has 0 aliphatic heterocycles. The van der Waals surface area contributed by atoms with E-state index in [0.29, 0.717) is 16.9 Å². The summed E-state index contributed by atoms with van der Waals surface area (Å²) in [5.41, 5.74) is 13.5. The molecule has 0 amide bonds. The summed E-state index contributed by atoms with van der Waals surface area (Å²) in [5, 5.41) is 0. The maximum atomic E-state index is 11.3. The highest BCUT2D eigenvalue weighted by molar-refractivity contribution is 5.93. The van der Waals surface area contributed by atoms with Gasteiger partial charge in [-0.2, -0.15) is 0 Å². The van der Waals surface area contributed by atoms with E-state index in [0.717, 1.165) is 12.0 Å². The molecule has 0 fully saturated rings. The Hall–Kier alpha value is -1.71. The minimum atomic E-state index is -0.381. The zero-order valence-electron chi connectivity index (χ0n) is 8.33. The molecule has 4 heteroatoms. The van der Waals surface area contributed by atoms with Crippen LogP contribution in [0.3, 0.4) is 0 Å². The maximum absolute atomic E-state index is 11.3. The van der Waals surface area contributed by atoms with E-state index in [2.05, 4.69) is 4.74 Å². The molecular formula is C10H14N2O2. The minimum absolute atomic E-state index is 0.381. The summed E-state index contributed by atoms with van der Waals surface area (Å²) in [6.07, 6.45) is 0.717. The van der Waals surface area contributed by atoms with Crippen LogP contribution in [-0.4, -0.2) is 13.1 Å². The Labute approximate surface area is 82.8 Å². The topological polar surface area (TPSA) is 78.3 Å². The van der Waals surface area contributed by atoms with E-state index in [1.807, 2.05) is 6.92 Å². The molecule has 0 unspecified atom stereocenters. The van der Waals surface area contributed by atoms with Crippen molar-refractivity contribution in [2.45, 2.75) is 13.3 Å². The van der Waals surface area contributed by atoms with Gasteiger partial charge in [-0.05, 0) is 24.1 Å². The molecule has 0 aromatic heterocycles. The van der Waals surface area contributed by atoms with E-state index in [1.165, 1.54) is 7.11 Å². The van der Waals surface area contributed by atoms with E-state index in [-0.39, 0.29) is 5.97 Å². The van der Waals surface area contributed by atoms with Crippen molar-refractivity contribution >= 4 is 17.3 Å². The highest BCUT2D eigenvalue weighted by Gasteiger charge is 2.12. The van der Waals surface area contributed by atoms with E-state index in [4.69, 9.17) is 11.5 Å². The van der Waals surface area contributed by atoms with Crippen LogP contribution < -0.4 is 11.5 Å². The molecule has 4 N–H and O–H groups in total. The zero-order valence-corrected chi connectivity index (χ0v) is 8.33. The third kappa shape index (κ3) is 1.79. The zero-order chi connectivity index (χ0) is 10.7. The third-order valence-corrected chi connectivity index (χ3v) is 2.10. The lowest BCUT2D eigenvalue weighted by Gasteiger charge is -2.09. The lowest BCUT2D eigenvalue weighted by atomic mass is 10.0. The molecule has 76 valence electrons. The van der Waals surface area contributed by atoms with Crippen LogP contribution >= 0.6 is 0 Å². The minimum Gasteiger partial charge on any atom is -0.465 e. The quantitative estimate of drug-likeness (QED) is 0.547. The monoisotopic (exact) mass is 194 g/mol. The van der Waals surface area contributed by atoms with E-state index < -0.39 is 0 Å². The number of ether oxygens (including phenoxy) is 1. The van der Waals surface area contributed by atoms with Gasteiger partial charge in [-0.15, -0.1) is 0 Å². The van der Waals surface area contributed by atoms with Gasteiger partial charge in [0.1, 0.15) is 0 Å². The van der Waals surface area contributed by atoms with E-state index in [1.54, 1.807) is 12.1 Å². The van der Waals surface area contributed by atoms with Crippen molar-refractivity contribution in [2.75, 3.05) is 18.6 Å². The van der Waals surface area contributed by atoms with Crippen molar-refractivity contribution in [3.05, 3.63) is 23.3 Å². The van der Waals surface area contributed by atoms with Crippen LogP contribution in [-0.2, 0) is 11.2 Å². The van der Waals surface area contributed by atoms with Gasteiger partial charge in [0.25, 0.3) is 0 Å². The molecule has 4 nitrogen and oxygen atoms in total. The second-order valence-electron chi connectivity index (χ2n) is 2.98. The first-order valence-electron chi connectivity index (χ1n) is 4.36. The van der Waals surface area contributed by atoms with Crippen LogP contribution in [0.5, 0.6) is 0 Å². The van der Waals surface area contributed by atoms with Crippen molar-refractivity contribution in [2.24, 2.45) is 0 Å². The van der Waals surface area contributed by atoms with Gasteiger partial charge < -0.3 is 16.2 Å². The highest BCUT2D eigenvalue weighted by Crippen LogP contribution is 2.22. The number of aryl methyl sites for hydroxylation is 1. The van der Waals surface area contributed by atoms with Crippen LogP contribution in [0, 0.1) is 0 Å². The molecule has 0 atom stereocenters. The summed E-state index contributed by atoms with van der Waals surface area (Å²) in [4.78, 5) is 11.3. The lowest BCUT2D eigenvalue weighted by molar-refractivity contribution is 0.0599. The SMILES string of the molecule is CCc1cc(N)c(N)cc1C(=O)OC. The van der Waals surface area contributed by atoms with Crippen LogP contribution in [0.1, 0.15) is 22.8 Å². The molecule has 0 spiro atoms. The summed E-state index contributed by atoms with van der Waals surface area (Å²) in [5.74, 6) is -0.381. The number of carbonyl (C=O) groups is 1. The number of nitrogen functional groups attached to an aromatic ring is 2. The van der Waals surface area contributed by atoms with Gasteiger partial charge in [-0.1, -0.05) is 6.92 Å². The first-order chi connectivity index (χ1) is 6.60. The predicted molar refractivity (Wildman–Crippen MR) is 56.0 cm³/mol. The number of nitrogens with two attached hydrogens (primary N) is 2. The van der Waals surface area contributed by atoms with Crippen molar-refractivity contribution in [3.8, 4) is 0 Å². The molecule has 0 radical (unpaired) electrons. The summed E-state index contributed by atoms with van der Waals surface area (Å²) < 4.78 is 4.64. The normalized spacial score (nSPS) is 9.86.